The number of alkyl halides is 2. The van der Waals surface area contributed by atoms with Crippen molar-refractivity contribution in [2.45, 2.75) is 89.0 Å². The van der Waals surface area contributed by atoms with E-state index in [-0.39, 0.29) is 35.9 Å². The van der Waals surface area contributed by atoms with Crippen molar-refractivity contribution < 1.29 is 37.4 Å². The zero-order valence-electron chi connectivity index (χ0n) is 36.9. The predicted octanol–water partition coefficient (Wildman–Crippen LogP) is 4.12. The fraction of sp³-hybridized carbons (Fsp3) is 0.553. The van der Waals surface area contributed by atoms with Gasteiger partial charge in [0.2, 0.25) is 11.8 Å². The Labute approximate surface area is 371 Å². The van der Waals surface area contributed by atoms with Crippen LogP contribution in [0.25, 0.3) is 11.1 Å². The first-order chi connectivity index (χ1) is 30.8. The summed E-state index contributed by atoms with van der Waals surface area (Å²) in [5.74, 6) is 1.23. The third kappa shape index (κ3) is 8.55. The van der Waals surface area contributed by atoms with E-state index in [2.05, 4.69) is 31.4 Å². The molecule has 5 amide bonds. The molecule has 1 unspecified atom stereocenters. The number of hydrogen-bond acceptors (Lipinski definition) is 10. The van der Waals surface area contributed by atoms with Gasteiger partial charge in [-0.25, -0.2) is 13.6 Å². The molecular weight excluding hydrogens is 827 g/mol. The van der Waals surface area contributed by atoms with E-state index in [1.807, 2.05) is 30.5 Å². The number of fused-ring (bicyclic) bond motifs is 2. The number of methoxy groups -OCH3 is 2. The number of urea groups is 1. The standard InChI is InChI=1S/C47H58F2N8O7/c1-52-25-35(34-11-17-55(26-36(34)44(52)60)46(62)50-23-41(48)49)30-21-39(63-2)37(40(22-30)64-3)27-56-19-18-53(28-47(56)12-13-47)14-8-29-9-15-54(16-10-29)32-4-5-33-31(20-32)24-57(45(33)61)38-6-7-42(58)51-43(38)59/h4-5,20-22,25,29,38,41H,6-19,23-24,26-28H2,1-3H3,(H,50,62)(H,51,58,59). The highest BCUT2D eigenvalue weighted by Gasteiger charge is 2.51. The van der Waals surface area contributed by atoms with Gasteiger partial charge in [0.25, 0.3) is 17.9 Å². The number of piperidine rings is 2. The van der Waals surface area contributed by atoms with Crippen molar-refractivity contribution >= 4 is 29.4 Å². The maximum atomic E-state index is 13.3. The lowest BCUT2D eigenvalue weighted by molar-refractivity contribution is -0.136. The van der Waals surface area contributed by atoms with E-state index in [1.165, 1.54) is 9.47 Å². The Kier molecular flexibility index (Phi) is 12.1. The van der Waals surface area contributed by atoms with E-state index in [1.54, 1.807) is 26.2 Å². The van der Waals surface area contributed by atoms with Crippen LogP contribution in [0.4, 0.5) is 19.3 Å². The lowest BCUT2D eigenvalue weighted by Gasteiger charge is -2.43. The smallest absolute Gasteiger partial charge is 0.317 e. The molecule has 1 aromatic heterocycles. The number of rotatable bonds is 12. The number of hydrogen-bond donors (Lipinski definition) is 2. The van der Waals surface area contributed by atoms with Gasteiger partial charge in [-0.1, -0.05) is 0 Å². The van der Waals surface area contributed by atoms with Gasteiger partial charge in [0.15, 0.2) is 0 Å². The molecule has 5 aliphatic heterocycles. The monoisotopic (exact) mass is 884 g/mol. The average Bonchev–Trinajstić information content (AvgIpc) is 3.99. The number of piperazine rings is 1. The Morgan fingerprint density at radius 1 is 0.906 bits per heavy atom. The fourth-order valence-corrected chi connectivity index (χ4v) is 10.7. The van der Waals surface area contributed by atoms with E-state index in [0.29, 0.717) is 61.0 Å². The van der Waals surface area contributed by atoms with E-state index < -0.39 is 31.0 Å². The Bertz CT molecular complexity index is 2370. The molecule has 1 aliphatic carbocycles. The minimum atomic E-state index is -2.66. The van der Waals surface area contributed by atoms with Crippen molar-refractivity contribution in [2.24, 2.45) is 13.0 Å². The molecule has 1 spiro atoms. The highest BCUT2D eigenvalue weighted by Crippen LogP contribution is 2.47. The third-order valence-corrected chi connectivity index (χ3v) is 14.6. The molecule has 0 radical (unpaired) electrons. The Hall–Kier alpha value is -5.55. The minimum Gasteiger partial charge on any atom is -0.496 e. The molecule has 6 heterocycles. The minimum absolute atomic E-state index is 0.0301. The number of nitrogens with one attached hydrogen (secondary N) is 2. The van der Waals surface area contributed by atoms with Crippen molar-refractivity contribution in [1.29, 1.82) is 0 Å². The first-order valence-corrected chi connectivity index (χ1v) is 22.6. The zero-order valence-corrected chi connectivity index (χ0v) is 36.9. The van der Waals surface area contributed by atoms with Crippen LogP contribution >= 0.6 is 0 Å². The summed E-state index contributed by atoms with van der Waals surface area (Å²) < 4.78 is 39.2. The van der Waals surface area contributed by atoms with Crippen LogP contribution in [-0.4, -0.2) is 133 Å². The number of imide groups is 1. The molecule has 9 rings (SSSR count). The second-order valence-corrected chi connectivity index (χ2v) is 18.4. The number of amides is 5. The van der Waals surface area contributed by atoms with E-state index in [4.69, 9.17) is 9.47 Å². The Balaban J connectivity index is 0.800. The topological polar surface area (TPSA) is 149 Å². The van der Waals surface area contributed by atoms with Crippen LogP contribution in [0.3, 0.4) is 0 Å². The van der Waals surface area contributed by atoms with Crippen LogP contribution < -0.4 is 30.6 Å². The fourth-order valence-electron chi connectivity index (χ4n) is 10.7. The number of carbonyl (C=O) groups excluding carboxylic acids is 4. The highest BCUT2D eigenvalue weighted by atomic mass is 19.3. The highest BCUT2D eigenvalue weighted by molar-refractivity contribution is 6.05. The summed E-state index contributed by atoms with van der Waals surface area (Å²) in [6.07, 6.45) is 5.81. The van der Waals surface area contributed by atoms with Gasteiger partial charge in [0.05, 0.1) is 32.9 Å². The van der Waals surface area contributed by atoms with Crippen molar-refractivity contribution in [2.75, 3.05) is 71.5 Å². The van der Waals surface area contributed by atoms with Crippen molar-refractivity contribution in [3.05, 3.63) is 74.7 Å². The number of pyridine rings is 1. The van der Waals surface area contributed by atoms with Gasteiger partial charge in [-0.15, -0.1) is 0 Å². The molecule has 342 valence electrons. The van der Waals surface area contributed by atoms with Crippen LogP contribution in [0.5, 0.6) is 11.5 Å². The second kappa shape index (κ2) is 17.8. The number of benzene rings is 2. The predicted molar refractivity (Wildman–Crippen MR) is 235 cm³/mol. The number of nitrogens with zero attached hydrogens (tertiary/aromatic N) is 6. The molecule has 1 atom stereocenters. The van der Waals surface area contributed by atoms with Crippen LogP contribution in [0.15, 0.2) is 41.3 Å². The summed E-state index contributed by atoms with van der Waals surface area (Å²) in [7, 11) is 5.00. The van der Waals surface area contributed by atoms with Crippen molar-refractivity contribution in [3.63, 3.8) is 0 Å². The van der Waals surface area contributed by atoms with Gasteiger partial charge >= 0.3 is 6.03 Å². The molecule has 1 saturated carbocycles. The summed E-state index contributed by atoms with van der Waals surface area (Å²) in [6.45, 7) is 6.58. The van der Waals surface area contributed by atoms with Crippen molar-refractivity contribution in [1.82, 2.24) is 34.8 Å². The first-order valence-electron chi connectivity index (χ1n) is 22.6. The lowest BCUT2D eigenvalue weighted by Crippen LogP contribution is -2.54. The van der Waals surface area contributed by atoms with Crippen LogP contribution in [0, 0.1) is 5.92 Å². The maximum Gasteiger partial charge on any atom is 0.317 e. The first kappa shape index (κ1) is 43.7. The van der Waals surface area contributed by atoms with Gasteiger partial charge in [-0.05, 0) is 104 Å². The quantitative estimate of drug-likeness (QED) is 0.255. The molecule has 64 heavy (non-hydrogen) atoms. The van der Waals surface area contributed by atoms with Crippen LogP contribution in [0.1, 0.15) is 77.6 Å². The van der Waals surface area contributed by atoms with Crippen molar-refractivity contribution in [3.8, 4) is 22.6 Å². The SMILES string of the molecule is COc1cc(-c2cn(C)c(=O)c3c2CCN(C(=O)NCC(F)F)C3)cc(OC)c1CN1CCN(CCC2CCN(c3ccc4c(c3)CN(C3CCC(=O)NC3=O)C4=O)CC2)CC12CC2. The molecule has 3 saturated heterocycles. The molecule has 0 bridgehead atoms. The second-order valence-electron chi connectivity index (χ2n) is 18.4. The number of ether oxygens (including phenoxy) is 2. The van der Waals surface area contributed by atoms with Gasteiger partial charge in [-0.3, -0.25) is 29.4 Å². The molecule has 2 aromatic carbocycles. The van der Waals surface area contributed by atoms with E-state index in [9.17, 15) is 32.8 Å². The Morgan fingerprint density at radius 2 is 1.66 bits per heavy atom. The van der Waals surface area contributed by atoms with Gasteiger partial charge < -0.3 is 39.0 Å². The lowest BCUT2D eigenvalue weighted by atomic mass is 9.91. The molecule has 6 aliphatic rings. The maximum absolute atomic E-state index is 13.3. The largest absolute Gasteiger partial charge is 0.496 e. The normalized spacial score (nSPS) is 21.3. The third-order valence-electron chi connectivity index (χ3n) is 14.6. The zero-order chi connectivity index (χ0) is 44.9. The van der Waals surface area contributed by atoms with Gasteiger partial charge in [0.1, 0.15) is 17.5 Å². The summed E-state index contributed by atoms with van der Waals surface area (Å²) >= 11 is 0. The number of halogens is 2. The molecule has 15 nitrogen and oxygen atoms in total. The molecule has 3 aromatic rings. The van der Waals surface area contributed by atoms with Gasteiger partial charge in [-0.2, -0.15) is 0 Å². The number of aryl methyl sites for hydroxylation is 1. The van der Waals surface area contributed by atoms with Crippen LogP contribution in [0.2, 0.25) is 0 Å². The Morgan fingerprint density at radius 3 is 2.34 bits per heavy atom. The van der Waals surface area contributed by atoms with Crippen LogP contribution in [-0.2, 0) is 42.7 Å². The average molecular weight is 885 g/mol. The summed E-state index contributed by atoms with van der Waals surface area (Å²) in [5.41, 5.74) is 6.53. The number of aromatic nitrogens is 1. The number of anilines is 1. The molecule has 2 N–H and O–H groups in total. The summed E-state index contributed by atoms with van der Waals surface area (Å²) in [5, 5.41) is 4.63. The molecule has 4 fully saturated rings. The summed E-state index contributed by atoms with van der Waals surface area (Å²) in [4.78, 5) is 74.0. The number of carbonyl (C=O) groups is 4. The molecule has 17 heteroatoms. The van der Waals surface area contributed by atoms with E-state index in [0.717, 1.165) is 105 Å². The van der Waals surface area contributed by atoms with Gasteiger partial charge in [0, 0.05) is 99.9 Å². The van der Waals surface area contributed by atoms with E-state index >= 15 is 0 Å². The molecular formula is C47H58F2N8O7. The summed E-state index contributed by atoms with van der Waals surface area (Å²) in [6, 6.07) is 8.81.